The molecule has 3 N–H and O–H groups in total. The van der Waals surface area contributed by atoms with Crippen LogP contribution in [0.15, 0.2) is 24.3 Å². The number of anilines is 1. The second kappa shape index (κ2) is 5.25. The van der Waals surface area contributed by atoms with Gasteiger partial charge in [0.1, 0.15) is 6.07 Å². The van der Waals surface area contributed by atoms with E-state index in [9.17, 15) is 0 Å². The average Bonchev–Trinajstić information content (AvgIpc) is 2.19. The Morgan fingerprint density at radius 1 is 1.50 bits per heavy atom. The highest BCUT2D eigenvalue weighted by molar-refractivity contribution is 5.57. The first-order valence-electron chi connectivity index (χ1n) is 4.73. The summed E-state index contributed by atoms with van der Waals surface area (Å²) in [5.41, 5.74) is 7.01. The molecule has 0 fully saturated rings. The SMILES string of the molecule is CC(CCN)Nc1ccccc1C#N. The average molecular weight is 189 g/mol. The highest BCUT2D eigenvalue weighted by Crippen LogP contribution is 2.15. The number of para-hydroxylation sites is 1. The van der Waals surface area contributed by atoms with E-state index >= 15 is 0 Å². The number of nitriles is 1. The maximum Gasteiger partial charge on any atom is 0.101 e. The Hall–Kier alpha value is -1.53. The van der Waals surface area contributed by atoms with Crippen LogP contribution in [-0.2, 0) is 0 Å². The Morgan fingerprint density at radius 2 is 2.21 bits per heavy atom. The van der Waals surface area contributed by atoms with Gasteiger partial charge in [0.05, 0.1) is 11.3 Å². The molecule has 0 saturated carbocycles. The van der Waals surface area contributed by atoms with Gasteiger partial charge in [-0.15, -0.1) is 0 Å². The summed E-state index contributed by atoms with van der Waals surface area (Å²) in [7, 11) is 0. The lowest BCUT2D eigenvalue weighted by Crippen LogP contribution is -2.19. The molecule has 1 atom stereocenters. The molecule has 1 aromatic rings. The van der Waals surface area contributed by atoms with Crippen LogP contribution in [-0.4, -0.2) is 12.6 Å². The van der Waals surface area contributed by atoms with Crippen LogP contribution >= 0.6 is 0 Å². The molecular formula is C11H15N3. The lowest BCUT2D eigenvalue weighted by atomic mass is 10.1. The van der Waals surface area contributed by atoms with Crippen LogP contribution < -0.4 is 11.1 Å². The van der Waals surface area contributed by atoms with E-state index in [2.05, 4.69) is 18.3 Å². The van der Waals surface area contributed by atoms with Crippen molar-refractivity contribution in [3.63, 3.8) is 0 Å². The molecule has 0 spiro atoms. The molecule has 0 aliphatic carbocycles. The molecule has 3 nitrogen and oxygen atoms in total. The van der Waals surface area contributed by atoms with Crippen molar-refractivity contribution < 1.29 is 0 Å². The second-order valence-electron chi connectivity index (χ2n) is 3.28. The summed E-state index contributed by atoms with van der Waals surface area (Å²) in [6, 6.07) is 9.93. The molecule has 0 heterocycles. The first-order valence-corrected chi connectivity index (χ1v) is 4.73. The van der Waals surface area contributed by atoms with Crippen molar-refractivity contribution in [1.82, 2.24) is 0 Å². The maximum absolute atomic E-state index is 8.85. The molecule has 1 unspecified atom stereocenters. The van der Waals surface area contributed by atoms with Gasteiger partial charge in [-0.3, -0.25) is 0 Å². The highest BCUT2D eigenvalue weighted by Gasteiger charge is 2.03. The zero-order valence-corrected chi connectivity index (χ0v) is 8.33. The van der Waals surface area contributed by atoms with Crippen molar-refractivity contribution in [2.24, 2.45) is 5.73 Å². The summed E-state index contributed by atoms with van der Waals surface area (Å²) < 4.78 is 0. The number of hydrogen-bond donors (Lipinski definition) is 2. The summed E-state index contributed by atoms with van der Waals surface area (Å²) >= 11 is 0. The van der Waals surface area contributed by atoms with E-state index in [0.717, 1.165) is 12.1 Å². The predicted molar refractivity (Wildman–Crippen MR) is 57.9 cm³/mol. The highest BCUT2D eigenvalue weighted by atomic mass is 14.9. The van der Waals surface area contributed by atoms with Crippen molar-refractivity contribution in [3.8, 4) is 6.07 Å². The fraction of sp³-hybridized carbons (Fsp3) is 0.364. The van der Waals surface area contributed by atoms with Crippen LogP contribution in [0, 0.1) is 11.3 Å². The molecular weight excluding hydrogens is 174 g/mol. The third kappa shape index (κ3) is 2.75. The van der Waals surface area contributed by atoms with Crippen LogP contribution in [0.1, 0.15) is 18.9 Å². The Morgan fingerprint density at radius 3 is 2.86 bits per heavy atom. The molecule has 14 heavy (non-hydrogen) atoms. The van der Waals surface area contributed by atoms with Gasteiger partial charge in [0.15, 0.2) is 0 Å². The summed E-state index contributed by atoms with van der Waals surface area (Å²) in [4.78, 5) is 0. The third-order valence-electron chi connectivity index (χ3n) is 2.05. The molecule has 74 valence electrons. The molecule has 0 aliphatic rings. The van der Waals surface area contributed by atoms with Crippen LogP contribution in [0.4, 0.5) is 5.69 Å². The summed E-state index contributed by atoms with van der Waals surface area (Å²) in [6.07, 6.45) is 0.903. The standard InChI is InChI=1S/C11H15N3/c1-9(6-7-12)14-11-5-3-2-4-10(11)8-13/h2-5,9,14H,6-7,12H2,1H3. The minimum Gasteiger partial charge on any atom is -0.381 e. The maximum atomic E-state index is 8.85. The first kappa shape index (κ1) is 10.6. The Balaban J connectivity index is 2.71. The molecule has 0 saturated heterocycles. The van der Waals surface area contributed by atoms with E-state index < -0.39 is 0 Å². The molecule has 3 heteroatoms. The van der Waals surface area contributed by atoms with Gasteiger partial charge in [0.2, 0.25) is 0 Å². The van der Waals surface area contributed by atoms with Gasteiger partial charge in [-0.1, -0.05) is 12.1 Å². The van der Waals surface area contributed by atoms with Crippen molar-refractivity contribution in [2.45, 2.75) is 19.4 Å². The van der Waals surface area contributed by atoms with Crippen LogP contribution in [0.3, 0.4) is 0 Å². The van der Waals surface area contributed by atoms with Crippen molar-refractivity contribution in [1.29, 1.82) is 5.26 Å². The molecule has 1 aromatic carbocycles. The molecule has 0 aromatic heterocycles. The van der Waals surface area contributed by atoms with E-state index in [0.29, 0.717) is 18.2 Å². The topological polar surface area (TPSA) is 61.8 Å². The van der Waals surface area contributed by atoms with Gasteiger partial charge in [0.25, 0.3) is 0 Å². The Bertz CT molecular complexity index is 328. The zero-order chi connectivity index (χ0) is 10.4. The molecule has 0 aliphatic heterocycles. The first-order chi connectivity index (χ1) is 6.77. The fourth-order valence-corrected chi connectivity index (χ4v) is 1.29. The quantitative estimate of drug-likeness (QED) is 0.758. The van der Waals surface area contributed by atoms with Gasteiger partial charge in [-0.25, -0.2) is 0 Å². The molecule has 0 radical (unpaired) electrons. The monoisotopic (exact) mass is 189 g/mol. The number of nitrogens with one attached hydrogen (secondary N) is 1. The van der Waals surface area contributed by atoms with Gasteiger partial charge < -0.3 is 11.1 Å². The van der Waals surface area contributed by atoms with Crippen LogP contribution in [0.25, 0.3) is 0 Å². The minimum absolute atomic E-state index is 0.300. The third-order valence-corrected chi connectivity index (χ3v) is 2.05. The lowest BCUT2D eigenvalue weighted by Gasteiger charge is -2.14. The van der Waals surface area contributed by atoms with E-state index in [4.69, 9.17) is 11.0 Å². The van der Waals surface area contributed by atoms with Gasteiger partial charge in [0, 0.05) is 6.04 Å². The van der Waals surface area contributed by atoms with E-state index in [1.165, 1.54) is 0 Å². The zero-order valence-electron chi connectivity index (χ0n) is 8.33. The number of nitrogens with two attached hydrogens (primary N) is 1. The second-order valence-corrected chi connectivity index (χ2v) is 3.28. The number of nitrogens with zero attached hydrogens (tertiary/aromatic N) is 1. The van der Waals surface area contributed by atoms with Crippen molar-refractivity contribution in [3.05, 3.63) is 29.8 Å². The minimum atomic E-state index is 0.300. The predicted octanol–water partition coefficient (Wildman–Crippen LogP) is 1.71. The van der Waals surface area contributed by atoms with Crippen molar-refractivity contribution >= 4 is 5.69 Å². The van der Waals surface area contributed by atoms with Gasteiger partial charge in [-0.05, 0) is 32.0 Å². The molecule has 0 amide bonds. The fourth-order valence-electron chi connectivity index (χ4n) is 1.29. The lowest BCUT2D eigenvalue weighted by molar-refractivity contribution is 0.716. The summed E-state index contributed by atoms with van der Waals surface area (Å²) in [5.74, 6) is 0. The number of benzene rings is 1. The van der Waals surface area contributed by atoms with Crippen LogP contribution in [0.5, 0.6) is 0 Å². The Labute approximate surface area is 84.5 Å². The largest absolute Gasteiger partial charge is 0.381 e. The van der Waals surface area contributed by atoms with E-state index in [1.807, 2.05) is 18.2 Å². The van der Waals surface area contributed by atoms with Gasteiger partial charge in [-0.2, -0.15) is 5.26 Å². The van der Waals surface area contributed by atoms with Crippen molar-refractivity contribution in [2.75, 3.05) is 11.9 Å². The van der Waals surface area contributed by atoms with Gasteiger partial charge >= 0.3 is 0 Å². The molecule has 0 bridgehead atoms. The van der Waals surface area contributed by atoms with E-state index in [-0.39, 0.29) is 0 Å². The Kier molecular flexibility index (Phi) is 3.96. The summed E-state index contributed by atoms with van der Waals surface area (Å²) in [6.45, 7) is 2.71. The van der Waals surface area contributed by atoms with Crippen LogP contribution in [0.2, 0.25) is 0 Å². The smallest absolute Gasteiger partial charge is 0.101 e. The normalized spacial score (nSPS) is 11.8. The molecule has 1 rings (SSSR count). The summed E-state index contributed by atoms with van der Waals surface area (Å²) in [5, 5.41) is 12.1. The number of rotatable bonds is 4. The number of hydrogen-bond acceptors (Lipinski definition) is 3. The van der Waals surface area contributed by atoms with E-state index in [1.54, 1.807) is 6.07 Å².